The SMILES string of the molecule is CC(C)(C)C1(C(C)(C)C)c2cc(-c3c4ccccc4c(-c4ccc5ccccc5c4)c4ccccc34)c3ccccc3c2-c2c1c1ccccc1c1ccccc21. The normalized spacial score (nSPS) is 13.9. The molecule has 11 rings (SSSR count). The Morgan fingerprint density at radius 1 is 0.316 bits per heavy atom. The lowest BCUT2D eigenvalue weighted by molar-refractivity contribution is 0.0965. The van der Waals surface area contributed by atoms with Crippen molar-refractivity contribution < 1.29 is 0 Å². The molecule has 1 aliphatic carbocycles. The molecule has 0 radical (unpaired) electrons. The molecule has 0 atom stereocenters. The Morgan fingerprint density at radius 2 is 0.719 bits per heavy atom. The van der Waals surface area contributed by atoms with E-state index in [1.54, 1.807) is 0 Å². The van der Waals surface area contributed by atoms with Crippen LogP contribution in [0.3, 0.4) is 0 Å². The highest BCUT2D eigenvalue weighted by atomic mass is 14.6. The van der Waals surface area contributed by atoms with Crippen LogP contribution in [0.2, 0.25) is 0 Å². The van der Waals surface area contributed by atoms with E-state index in [4.69, 9.17) is 0 Å². The summed E-state index contributed by atoms with van der Waals surface area (Å²) in [7, 11) is 0. The maximum atomic E-state index is 2.65. The van der Waals surface area contributed by atoms with Gasteiger partial charge in [0, 0.05) is 5.41 Å². The topological polar surface area (TPSA) is 0 Å². The predicted octanol–water partition coefficient (Wildman–Crippen LogP) is 16.3. The average Bonchev–Trinajstić information content (AvgIpc) is 3.56. The molecule has 0 saturated carbocycles. The van der Waals surface area contributed by atoms with Crippen LogP contribution in [0.25, 0.3) is 98.0 Å². The van der Waals surface area contributed by atoms with Gasteiger partial charge in [0.05, 0.1) is 0 Å². The molecule has 274 valence electrons. The Balaban J connectivity index is 1.35. The van der Waals surface area contributed by atoms with Crippen LogP contribution in [0.4, 0.5) is 0 Å². The van der Waals surface area contributed by atoms with Crippen molar-refractivity contribution in [2.24, 2.45) is 10.8 Å². The highest BCUT2D eigenvalue weighted by Gasteiger charge is 2.59. The summed E-state index contributed by atoms with van der Waals surface area (Å²) < 4.78 is 0. The molecule has 0 unspecified atom stereocenters. The Labute approximate surface area is 335 Å². The summed E-state index contributed by atoms with van der Waals surface area (Å²) in [4.78, 5) is 0. The molecule has 0 aliphatic heterocycles. The highest BCUT2D eigenvalue weighted by Crippen LogP contribution is 2.69. The van der Waals surface area contributed by atoms with E-state index in [-0.39, 0.29) is 16.2 Å². The molecule has 0 heteroatoms. The summed E-state index contributed by atoms with van der Waals surface area (Å²) in [5, 5.41) is 15.7. The molecule has 0 nitrogen and oxygen atoms in total. The molecule has 0 spiro atoms. The monoisotopic (exact) mass is 730 g/mol. The first-order valence-corrected chi connectivity index (χ1v) is 20.5. The van der Waals surface area contributed by atoms with Crippen molar-refractivity contribution in [2.75, 3.05) is 0 Å². The first kappa shape index (κ1) is 34.0. The van der Waals surface area contributed by atoms with Gasteiger partial charge >= 0.3 is 0 Å². The maximum absolute atomic E-state index is 2.65. The third-order valence-electron chi connectivity index (χ3n) is 13.5. The zero-order chi connectivity index (χ0) is 38.8. The Morgan fingerprint density at radius 3 is 1.26 bits per heavy atom. The van der Waals surface area contributed by atoms with Crippen molar-refractivity contribution in [2.45, 2.75) is 47.0 Å². The van der Waals surface area contributed by atoms with Gasteiger partial charge in [-0.25, -0.2) is 0 Å². The quantitative estimate of drug-likeness (QED) is 0.123. The lowest BCUT2D eigenvalue weighted by atomic mass is 9.49. The second kappa shape index (κ2) is 11.9. The molecule has 0 aromatic heterocycles. The Bertz CT molecular complexity index is 3240. The Hall–Kier alpha value is -6.24. The largest absolute Gasteiger partial charge is 0.0616 e. The molecule has 0 fully saturated rings. The second-order valence-corrected chi connectivity index (χ2v) is 18.4. The molecule has 57 heavy (non-hydrogen) atoms. The summed E-state index contributed by atoms with van der Waals surface area (Å²) in [5.74, 6) is 0. The van der Waals surface area contributed by atoms with Crippen LogP contribution < -0.4 is 0 Å². The van der Waals surface area contributed by atoms with E-state index < -0.39 is 0 Å². The molecule has 10 aromatic carbocycles. The molecular formula is C57H46. The van der Waals surface area contributed by atoms with E-state index in [9.17, 15) is 0 Å². The van der Waals surface area contributed by atoms with Crippen LogP contribution in [0.5, 0.6) is 0 Å². The van der Waals surface area contributed by atoms with E-state index in [0.29, 0.717) is 0 Å². The Kier molecular flexibility index (Phi) is 7.10. The molecule has 0 bridgehead atoms. The standard InChI is InChI=1S/C57H46/c1-55(2,3)57(56(4,5)6)49-34-48(40-23-10-12-24-41(40)52(49)53-42-25-13-9-21-38(42)39-22-11-18-30-47(39)54(53)57)51-45-28-16-14-26-43(45)50(44-27-15-17-29-46(44)51)37-32-31-35-19-7-8-20-36(35)33-37/h7-34H,1-6H3. The summed E-state index contributed by atoms with van der Waals surface area (Å²) in [6.45, 7) is 14.9. The number of hydrogen-bond donors (Lipinski definition) is 0. The van der Waals surface area contributed by atoms with Gasteiger partial charge in [0.2, 0.25) is 0 Å². The van der Waals surface area contributed by atoms with Crippen molar-refractivity contribution in [3.63, 3.8) is 0 Å². The van der Waals surface area contributed by atoms with Gasteiger partial charge in [0.25, 0.3) is 0 Å². The number of hydrogen-bond acceptors (Lipinski definition) is 0. The minimum atomic E-state index is -0.330. The molecule has 10 aromatic rings. The van der Waals surface area contributed by atoms with Gasteiger partial charge in [-0.2, -0.15) is 0 Å². The first-order valence-electron chi connectivity index (χ1n) is 20.5. The van der Waals surface area contributed by atoms with Crippen molar-refractivity contribution in [1.29, 1.82) is 0 Å². The van der Waals surface area contributed by atoms with Crippen LogP contribution >= 0.6 is 0 Å². The zero-order valence-corrected chi connectivity index (χ0v) is 33.7. The van der Waals surface area contributed by atoms with Crippen molar-refractivity contribution >= 4 is 64.6 Å². The molecular weight excluding hydrogens is 685 g/mol. The van der Waals surface area contributed by atoms with Crippen LogP contribution in [0, 0.1) is 10.8 Å². The lowest BCUT2D eigenvalue weighted by Gasteiger charge is -2.53. The fourth-order valence-corrected chi connectivity index (χ4v) is 11.8. The number of fused-ring (bicyclic) bond motifs is 13. The van der Waals surface area contributed by atoms with Gasteiger partial charge in [0.15, 0.2) is 0 Å². The fraction of sp³-hybridized carbons (Fsp3) is 0.158. The van der Waals surface area contributed by atoms with Gasteiger partial charge in [-0.05, 0) is 132 Å². The van der Waals surface area contributed by atoms with E-state index >= 15 is 0 Å². The molecule has 1 aliphatic rings. The fourth-order valence-electron chi connectivity index (χ4n) is 11.8. The van der Waals surface area contributed by atoms with Crippen molar-refractivity contribution in [3.8, 4) is 33.4 Å². The van der Waals surface area contributed by atoms with Gasteiger partial charge in [-0.1, -0.05) is 199 Å². The lowest BCUT2D eigenvalue weighted by Crippen LogP contribution is -2.50. The number of benzene rings is 10. The second-order valence-electron chi connectivity index (χ2n) is 18.4. The van der Waals surface area contributed by atoms with E-state index in [0.717, 1.165) is 0 Å². The summed E-state index contributed by atoms with van der Waals surface area (Å²) >= 11 is 0. The van der Waals surface area contributed by atoms with Gasteiger partial charge < -0.3 is 0 Å². The van der Waals surface area contributed by atoms with E-state index in [1.807, 2.05) is 0 Å². The zero-order valence-electron chi connectivity index (χ0n) is 33.7. The minimum Gasteiger partial charge on any atom is -0.0616 e. The predicted molar refractivity (Wildman–Crippen MR) is 247 cm³/mol. The molecule has 0 heterocycles. The van der Waals surface area contributed by atoms with Crippen molar-refractivity contribution in [1.82, 2.24) is 0 Å². The summed E-state index contributed by atoms with van der Waals surface area (Å²) in [5.41, 5.74) is 10.3. The number of rotatable bonds is 2. The summed E-state index contributed by atoms with van der Waals surface area (Å²) in [6.07, 6.45) is 0. The van der Waals surface area contributed by atoms with Gasteiger partial charge in [0.1, 0.15) is 0 Å². The molecule has 0 N–H and O–H groups in total. The maximum Gasteiger partial charge on any atom is 0.0318 e. The van der Waals surface area contributed by atoms with Crippen LogP contribution in [-0.2, 0) is 5.41 Å². The van der Waals surface area contributed by atoms with Crippen LogP contribution in [0.15, 0.2) is 170 Å². The van der Waals surface area contributed by atoms with E-state index in [1.165, 1.54) is 109 Å². The van der Waals surface area contributed by atoms with Crippen molar-refractivity contribution in [3.05, 3.63) is 181 Å². The van der Waals surface area contributed by atoms with Gasteiger partial charge in [-0.3, -0.25) is 0 Å². The molecule has 0 saturated heterocycles. The summed E-state index contributed by atoms with van der Waals surface area (Å²) in [6, 6.07) is 64.2. The molecule has 0 amide bonds. The van der Waals surface area contributed by atoms with Crippen LogP contribution in [-0.4, -0.2) is 0 Å². The average molecular weight is 731 g/mol. The van der Waals surface area contributed by atoms with Crippen LogP contribution in [0.1, 0.15) is 52.7 Å². The third-order valence-corrected chi connectivity index (χ3v) is 13.5. The minimum absolute atomic E-state index is 0.139. The highest BCUT2D eigenvalue weighted by molar-refractivity contribution is 6.27. The van der Waals surface area contributed by atoms with Gasteiger partial charge in [-0.15, -0.1) is 0 Å². The third kappa shape index (κ3) is 4.50. The smallest absolute Gasteiger partial charge is 0.0318 e. The van der Waals surface area contributed by atoms with E-state index in [2.05, 4.69) is 211 Å². The first-order chi connectivity index (χ1) is 27.6.